The van der Waals surface area contributed by atoms with Gasteiger partial charge in [0.2, 0.25) is 0 Å². The zero-order valence-electron chi connectivity index (χ0n) is 13.2. The van der Waals surface area contributed by atoms with E-state index in [-0.39, 0.29) is 17.3 Å². The predicted octanol–water partition coefficient (Wildman–Crippen LogP) is 2.62. The van der Waals surface area contributed by atoms with Crippen LogP contribution < -0.4 is 10.6 Å². The lowest BCUT2D eigenvalue weighted by atomic mass is 10.2. The normalized spacial score (nSPS) is 11.5. The summed E-state index contributed by atoms with van der Waals surface area (Å²) >= 11 is 0. The van der Waals surface area contributed by atoms with Crippen molar-refractivity contribution in [3.8, 4) is 5.69 Å². The first-order valence-electron chi connectivity index (χ1n) is 7.64. The molecule has 1 aromatic carbocycles. The van der Waals surface area contributed by atoms with Crippen LogP contribution in [0.2, 0.25) is 0 Å². The third-order valence-corrected chi connectivity index (χ3v) is 3.27. The van der Waals surface area contributed by atoms with Gasteiger partial charge >= 0.3 is 6.18 Å². The van der Waals surface area contributed by atoms with Gasteiger partial charge in [-0.05, 0) is 37.2 Å². The van der Waals surface area contributed by atoms with Crippen molar-refractivity contribution in [1.29, 1.82) is 0 Å². The first-order chi connectivity index (χ1) is 11.4. The Labute approximate surface area is 137 Å². The lowest BCUT2D eigenvalue weighted by Gasteiger charge is -2.08. The highest BCUT2D eigenvalue weighted by molar-refractivity contribution is 5.92. The van der Waals surface area contributed by atoms with Crippen molar-refractivity contribution >= 4 is 5.91 Å². The highest BCUT2D eigenvalue weighted by Gasteiger charge is 2.30. The molecule has 2 aromatic rings. The molecule has 1 amide bonds. The van der Waals surface area contributed by atoms with Crippen LogP contribution in [0.1, 0.15) is 29.4 Å². The zero-order chi connectivity index (χ0) is 17.6. The third kappa shape index (κ3) is 4.82. The molecule has 0 saturated heterocycles. The number of rotatable bonds is 7. The predicted molar refractivity (Wildman–Crippen MR) is 84.1 cm³/mol. The van der Waals surface area contributed by atoms with Crippen molar-refractivity contribution in [1.82, 2.24) is 20.4 Å². The maximum atomic E-state index is 12.7. The lowest BCUT2D eigenvalue weighted by molar-refractivity contribution is -0.137. The summed E-state index contributed by atoms with van der Waals surface area (Å²) in [5.74, 6) is -0.362. The van der Waals surface area contributed by atoms with Crippen LogP contribution in [0.4, 0.5) is 13.2 Å². The summed E-state index contributed by atoms with van der Waals surface area (Å²) in [6.45, 7) is 4.02. The van der Waals surface area contributed by atoms with Crippen molar-refractivity contribution in [2.45, 2.75) is 19.5 Å². The molecule has 1 heterocycles. The van der Waals surface area contributed by atoms with Crippen LogP contribution in [-0.4, -0.2) is 35.3 Å². The average Bonchev–Trinajstić information content (AvgIpc) is 3.04. The van der Waals surface area contributed by atoms with Crippen molar-refractivity contribution in [2.75, 3.05) is 19.6 Å². The van der Waals surface area contributed by atoms with Crippen molar-refractivity contribution < 1.29 is 18.0 Å². The van der Waals surface area contributed by atoms with E-state index >= 15 is 0 Å². The van der Waals surface area contributed by atoms with Gasteiger partial charge in [0.15, 0.2) is 5.69 Å². The number of nitrogens with zero attached hydrogens (tertiary/aromatic N) is 2. The molecule has 0 aliphatic heterocycles. The van der Waals surface area contributed by atoms with Crippen LogP contribution in [0.25, 0.3) is 5.69 Å². The second-order valence-corrected chi connectivity index (χ2v) is 5.20. The maximum absolute atomic E-state index is 12.7. The summed E-state index contributed by atoms with van der Waals surface area (Å²) < 4.78 is 39.5. The lowest BCUT2D eigenvalue weighted by Crippen LogP contribution is -2.32. The van der Waals surface area contributed by atoms with Gasteiger partial charge in [0, 0.05) is 19.3 Å². The summed E-state index contributed by atoms with van der Waals surface area (Å²) in [7, 11) is 0. The Morgan fingerprint density at radius 3 is 2.71 bits per heavy atom. The van der Waals surface area contributed by atoms with Gasteiger partial charge in [-0.1, -0.05) is 13.0 Å². The molecule has 2 N–H and O–H groups in total. The fraction of sp³-hybridized carbons (Fsp3) is 0.375. The summed E-state index contributed by atoms with van der Waals surface area (Å²) in [6.07, 6.45) is -1.95. The van der Waals surface area contributed by atoms with E-state index in [0.717, 1.165) is 25.1 Å². The van der Waals surface area contributed by atoms with Crippen molar-refractivity contribution in [3.05, 3.63) is 47.8 Å². The van der Waals surface area contributed by atoms with Crippen LogP contribution in [-0.2, 0) is 6.18 Å². The molecule has 5 nitrogen and oxygen atoms in total. The number of carbonyl (C=O) groups excluding carboxylic acids is 1. The van der Waals surface area contributed by atoms with Crippen molar-refractivity contribution in [3.63, 3.8) is 0 Å². The molecular formula is C16H19F3N4O. The van der Waals surface area contributed by atoms with Crippen LogP contribution >= 0.6 is 0 Å². The van der Waals surface area contributed by atoms with Gasteiger partial charge in [-0.3, -0.25) is 4.79 Å². The summed E-state index contributed by atoms with van der Waals surface area (Å²) in [4.78, 5) is 12.0. The van der Waals surface area contributed by atoms with Gasteiger partial charge in [0.05, 0.1) is 11.3 Å². The molecule has 130 valence electrons. The van der Waals surface area contributed by atoms with E-state index in [2.05, 4.69) is 15.7 Å². The molecule has 8 heteroatoms. The molecule has 0 unspecified atom stereocenters. The third-order valence-electron chi connectivity index (χ3n) is 3.27. The van der Waals surface area contributed by atoms with Gasteiger partial charge in [-0.2, -0.15) is 18.3 Å². The quantitative estimate of drug-likeness (QED) is 0.762. The standard InChI is InChI=1S/C16H19F3N4O/c1-2-7-20-8-9-21-15(24)14-6-10-23(22-14)13-5-3-4-12(11-13)16(17,18)19/h3-6,10-11,20H,2,7-9H2,1H3,(H,21,24). The SMILES string of the molecule is CCCNCCNC(=O)c1ccn(-c2cccc(C(F)(F)F)c2)n1. The number of nitrogens with one attached hydrogen (secondary N) is 2. The molecule has 2 rings (SSSR count). The number of hydrogen-bond acceptors (Lipinski definition) is 3. The molecule has 0 aliphatic rings. The number of alkyl halides is 3. The molecule has 0 atom stereocenters. The van der Waals surface area contributed by atoms with Gasteiger partial charge in [-0.25, -0.2) is 4.68 Å². The Morgan fingerprint density at radius 2 is 2.00 bits per heavy atom. The van der Waals surface area contributed by atoms with E-state index in [9.17, 15) is 18.0 Å². The van der Waals surface area contributed by atoms with E-state index in [1.807, 2.05) is 6.92 Å². The minimum absolute atomic E-state index is 0.155. The number of aromatic nitrogens is 2. The summed E-state index contributed by atoms with van der Waals surface area (Å²) in [5.41, 5.74) is -0.361. The molecule has 0 aliphatic carbocycles. The Kier molecular flexibility index (Phi) is 5.97. The Hall–Kier alpha value is -2.35. The van der Waals surface area contributed by atoms with Gasteiger partial charge in [-0.15, -0.1) is 0 Å². The van der Waals surface area contributed by atoms with E-state index in [1.165, 1.54) is 29.1 Å². The number of amides is 1. The van der Waals surface area contributed by atoms with Gasteiger partial charge < -0.3 is 10.6 Å². The van der Waals surface area contributed by atoms with Crippen LogP contribution in [0.15, 0.2) is 36.5 Å². The fourth-order valence-electron chi connectivity index (χ4n) is 2.07. The van der Waals surface area contributed by atoms with Gasteiger partial charge in [0.25, 0.3) is 5.91 Å². The van der Waals surface area contributed by atoms with Crippen LogP contribution in [0.5, 0.6) is 0 Å². The van der Waals surface area contributed by atoms with E-state index in [4.69, 9.17) is 0 Å². The van der Waals surface area contributed by atoms with Crippen LogP contribution in [0.3, 0.4) is 0 Å². The topological polar surface area (TPSA) is 58.9 Å². The highest BCUT2D eigenvalue weighted by atomic mass is 19.4. The molecule has 0 spiro atoms. The Morgan fingerprint density at radius 1 is 1.21 bits per heavy atom. The summed E-state index contributed by atoms with van der Waals surface area (Å²) in [6, 6.07) is 6.25. The van der Waals surface area contributed by atoms with E-state index < -0.39 is 11.7 Å². The van der Waals surface area contributed by atoms with E-state index in [1.54, 1.807) is 0 Å². The minimum Gasteiger partial charge on any atom is -0.349 e. The monoisotopic (exact) mass is 340 g/mol. The zero-order valence-corrected chi connectivity index (χ0v) is 13.2. The first-order valence-corrected chi connectivity index (χ1v) is 7.64. The van der Waals surface area contributed by atoms with E-state index in [0.29, 0.717) is 13.1 Å². The highest BCUT2D eigenvalue weighted by Crippen LogP contribution is 2.30. The molecule has 1 aromatic heterocycles. The van der Waals surface area contributed by atoms with Crippen molar-refractivity contribution in [2.24, 2.45) is 0 Å². The number of carbonyl (C=O) groups is 1. The molecular weight excluding hydrogens is 321 g/mol. The van der Waals surface area contributed by atoms with Gasteiger partial charge in [0.1, 0.15) is 0 Å². The minimum atomic E-state index is -4.42. The fourth-order valence-corrected chi connectivity index (χ4v) is 2.07. The Bertz CT molecular complexity index is 682. The number of halogens is 3. The molecule has 24 heavy (non-hydrogen) atoms. The second kappa shape index (κ2) is 7.96. The summed E-state index contributed by atoms with van der Waals surface area (Å²) in [5, 5.41) is 9.88. The smallest absolute Gasteiger partial charge is 0.349 e. The molecule has 0 bridgehead atoms. The average molecular weight is 340 g/mol. The largest absolute Gasteiger partial charge is 0.416 e. The number of hydrogen-bond donors (Lipinski definition) is 2. The maximum Gasteiger partial charge on any atom is 0.416 e. The number of benzene rings is 1. The molecule has 0 fully saturated rings. The second-order valence-electron chi connectivity index (χ2n) is 5.20. The molecule has 0 radical (unpaired) electrons. The Balaban J connectivity index is 2.01. The first kappa shape index (κ1) is 18.0. The molecule has 0 saturated carbocycles. The van der Waals surface area contributed by atoms with Crippen LogP contribution in [0, 0.1) is 0 Å².